The molecule has 0 bridgehead atoms. The predicted octanol–water partition coefficient (Wildman–Crippen LogP) is -0.348. The number of hydrogen-bond acceptors (Lipinski definition) is 6. The monoisotopic (exact) mass is 236 g/mol. The van der Waals surface area contributed by atoms with Crippen molar-refractivity contribution in [2.45, 2.75) is 19.8 Å². The number of aromatic nitrogens is 3. The number of hydrogen-bond donors (Lipinski definition) is 5. The van der Waals surface area contributed by atoms with Gasteiger partial charge in [-0.15, -0.1) is 0 Å². The lowest BCUT2D eigenvalue weighted by molar-refractivity contribution is 0.822. The number of nitrogens with zero attached hydrogens (tertiary/aromatic N) is 3. The fourth-order valence-electron chi connectivity index (χ4n) is 1.07. The Morgan fingerprint density at radius 2 is 1.65 bits per heavy atom. The molecule has 0 aliphatic rings. The summed E-state index contributed by atoms with van der Waals surface area (Å²) in [6.07, 6.45) is 2.01. The predicted molar refractivity (Wildman–Crippen MR) is 65.3 cm³/mol. The summed E-state index contributed by atoms with van der Waals surface area (Å²) in [5, 5.41) is 17.5. The highest BCUT2D eigenvalue weighted by atomic mass is 15.2. The van der Waals surface area contributed by atoms with E-state index in [1.165, 1.54) is 0 Å². The van der Waals surface area contributed by atoms with Crippen molar-refractivity contribution >= 4 is 17.6 Å². The number of nitrogens with two attached hydrogens (primary N) is 2. The summed E-state index contributed by atoms with van der Waals surface area (Å²) in [6, 6.07) is 0. The molecule has 0 saturated carbocycles. The first kappa shape index (κ1) is 12.8. The minimum absolute atomic E-state index is 0.0178. The van der Waals surface area contributed by atoms with Gasteiger partial charge in [-0.1, -0.05) is 13.3 Å². The van der Waals surface area contributed by atoms with Crippen molar-refractivity contribution in [2.24, 2.45) is 11.5 Å². The molecule has 8 nitrogen and oxygen atoms in total. The summed E-state index contributed by atoms with van der Waals surface area (Å²) in [6.45, 7) is 2.77. The molecule has 17 heavy (non-hydrogen) atoms. The largest absolute Gasteiger partial charge is 0.381 e. The Bertz CT molecular complexity index is 395. The van der Waals surface area contributed by atoms with Gasteiger partial charge in [0, 0.05) is 6.54 Å². The second-order valence-corrected chi connectivity index (χ2v) is 3.41. The summed E-state index contributed by atoms with van der Waals surface area (Å²) < 4.78 is 0. The Morgan fingerprint density at radius 3 is 2.06 bits per heavy atom. The molecule has 7 N–H and O–H groups in total. The molecule has 0 aromatic carbocycles. The Hall–Kier alpha value is -2.25. The molecular weight excluding hydrogens is 220 g/mol. The number of unbranched alkanes of at least 4 members (excludes halogenated alkanes) is 1. The molecule has 0 unspecified atom stereocenters. The van der Waals surface area contributed by atoms with Crippen LogP contribution in [-0.2, 0) is 0 Å². The van der Waals surface area contributed by atoms with Crippen molar-refractivity contribution in [1.29, 1.82) is 10.8 Å². The molecule has 0 atom stereocenters. The van der Waals surface area contributed by atoms with E-state index in [2.05, 4.69) is 27.2 Å². The van der Waals surface area contributed by atoms with Crippen LogP contribution in [0.5, 0.6) is 0 Å². The quantitative estimate of drug-likeness (QED) is 0.259. The maximum Gasteiger partial charge on any atom is 0.227 e. The average molecular weight is 236 g/mol. The Kier molecular flexibility index (Phi) is 4.32. The normalized spacial score (nSPS) is 9.94. The van der Waals surface area contributed by atoms with Crippen molar-refractivity contribution in [1.82, 2.24) is 15.0 Å². The van der Waals surface area contributed by atoms with Crippen LogP contribution in [-0.4, -0.2) is 33.2 Å². The second kappa shape index (κ2) is 5.73. The van der Waals surface area contributed by atoms with Gasteiger partial charge in [0.2, 0.25) is 5.95 Å². The Morgan fingerprint density at radius 1 is 1.12 bits per heavy atom. The van der Waals surface area contributed by atoms with Crippen molar-refractivity contribution in [3.63, 3.8) is 0 Å². The van der Waals surface area contributed by atoms with Gasteiger partial charge in [0.15, 0.2) is 23.3 Å². The van der Waals surface area contributed by atoms with Gasteiger partial charge in [0.25, 0.3) is 0 Å². The van der Waals surface area contributed by atoms with E-state index < -0.39 is 0 Å². The molecular formula is C9H16N8. The van der Waals surface area contributed by atoms with Gasteiger partial charge < -0.3 is 16.8 Å². The van der Waals surface area contributed by atoms with E-state index in [0.29, 0.717) is 6.54 Å². The number of anilines is 1. The summed E-state index contributed by atoms with van der Waals surface area (Å²) in [5.41, 5.74) is 10.6. The van der Waals surface area contributed by atoms with E-state index in [1.54, 1.807) is 0 Å². The van der Waals surface area contributed by atoms with Crippen LogP contribution in [0.4, 0.5) is 5.95 Å². The van der Waals surface area contributed by atoms with E-state index in [1.807, 2.05) is 0 Å². The molecule has 8 heteroatoms. The minimum Gasteiger partial charge on any atom is -0.381 e. The molecule has 0 radical (unpaired) electrons. The van der Waals surface area contributed by atoms with Crippen LogP contribution in [0.1, 0.15) is 31.4 Å². The van der Waals surface area contributed by atoms with Crippen LogP contribution < -0.4 is 16.8 Å². The summed E-state index contributed by atoms with van der Waals surface area (Å²) in [7, 11) is 0. The number of nitrogens with one attached hydrogen (secondary N) is 3. The molecule has 92 valence electrons. The van der Waals surface area contributed by atoms with Gasteiger partial charge in [-0.05, 0) is 6.42 Å². The third kappa shape index (κ3) is 3.67. The maximum atomic E-state index is 7.27. The van der Waals surface area contributed by atoms with Crippen molar-refractivity contribution in [3.8, 4) is 0 Å². The zero-order chi connectivity index (χ0) is 12.8. The van der Waals surface area contributed by atoms with Gasteiger partial charge in [0.1, 0.15) is 0 Å². The molecule has 0 spiro atoms. The van der Waals surface area contributed by atoms with Gasteiger partial charge >= 0.3 is 0 Å². The molecule has 0 saturated heterocycles. The number of nitrogen functional groups attached to an aromatic ring is 2. The molecule has 0 fully saturated rings. The van der Waals surface area contributed by atoms with E-state index in [-0.39, 0.29) is 29.3 Å². The van der Waals surface area contributed by atoms with Gasteiger partial charge in [-0.2, -0.15) is 9.97 Å². The van der Waals surface area contributed by atoms with Crippen molar-refractivity contribution in [2.75, 3.05) is 11.9 Å². The van der Waals surface area contributed by atoms with Crippen LogP contribution in [0, 0.1) is 10.8 Å². The zero-order valence-electron chi connectivity index (χ0n) is 9.62. The third-order valence-electron chi connectivity index (χ3n) is 1.93. The maximum absolute atomic E-state index is 7.27. The molecule has 1 aromatic rings. The van der Waals surface area contributed by atoms with Gasteiger partial charge in [-0.3, -0.25) is 10.8 Å². The minimum atomic E-state index is -0.284. The van der Waals surface area contributed by atoms with Crippen LogP contribution in [0.15, 0.2) is 0 Å². The zero-order valence-corrected chi connectivity index (χ0v) is 9.62. The lowest BCUT2D eigenvalue weighted by atomic mass is 10.3. The lowest BCUT2D eigenvalue weighted by Gasteiger charge is -2.06. The van der Waals surface area contributed by atoms with E-state index in [4.69, 9.17) is 22.3 Å². The van der Waals surface area contributed by atoms with Crippen molar-refractivity contribution < 1.29 is 0 Å². The first-order valence-corrected chi connectivity index (χ1v) is 5.23. The molecule has 0 amide bonds. The van der Waals surface area contributed by atoms with Gasteiger partial charge in [0.05, 0.1) is 0 Å². The van der Waals surface area contributed by atoms with Gasteiger partial charge in [-0.25, -0.2) is 4.98 Å². The summed E-state index contributed by atoms with van der Waals surface area (Å²) in [4.78, 5) is 11.7. The standard InChI is InChI=1S/C9H16N8/c1-2-3-4-14-9-16-7(5(10)11)15-8(17-9)6(12)13/h2-4H2,1H3,(H3,10,11)(H3,12,13)(H,14,15,16,17). The molecule has 1 rings (SSSR count). The topological polar surface area (TPSA) is 150 Å². The van der Waals surface area contributed by atoms with Crippen LogP contribution in [0.25, 0.3) is 0 Å². The SMILES string of the molecule is CCCCNc1nc(C(=N)N)nc(C(=N)N)n1. The fraction of sp³-hybridized carbons (Fsp3) is 0.444. The summed E-state index contributed by atoms with van der Waals surface area (Å²) in [5.74, 6) is -0.251. The van der Waals surface area contributed by atoms with E-state index in [0.717, 1.165) is 12.8 Å². The number of rotatable bonds is 6. The third-order valence-corrected chi connectivity index (χ3v) is 1.93. The highest BCUT2D eigenvalue weighted by Gasteiger charge is 2.10. The molecule has 1 aromatic heterocycles. The molecule has 0 aliphatic carbocycles. The highest BCUT2D eigenvalue weighted by molar-refractivity contribution is 5.95. The first-order valence-electron chi connectivity index (χ1n) is 5.23. The Balaban J connectivity index is 2.95. The summed E-state index contributed by atoms with van der Waals surface area (Å²) >= 11 is 0. The second-order valence-electron chi connectivity index (χ2n) is 3.41. The molecule has 0 aliphatic heterocycles. The van der Waals surface area contributed by atoms with Crippen molar-refractivity contribution in [3.05, 3.63) is 11.6 Å². The molecule has 1 heterocycles. The lowest BCUT2D eigenvalue weighted by Crippen LogP contribution is -2.23. The fourth-order valence-corrected chi connectivity index (χ4v) is 1.07. The first-order chi connectivity index (χ1) is 8.04. The van der Waals surface area contributed by atoms with E-state index in [9.17, 15) is 0 Å². The Labute approximate surface area is 98.9 Å². The highest BCUT2D eigenvalue weighted by Crippen LogP contribution is 2.01. The van der Waals surface area contributed by atoms with Crippen LogP contribution in [0.2, 0.25) is 0 Å². The average Bonchev–Trinajstić information content (AvgIpc) is 2.29. The van der Waals surface area contributed by atoms with E-state index >= 15 is 0 Å². The number of amidine groups is 2. The van der Waals surface area contributed by atoms with Crippen LogP contribution >= 0.6 is 0 Å². The smallest absolute Gasteiger partial charge is 0.227 e. The van der Waals surface area contributed by atoms with Crippen LogP contribution in [0.3, 0.4) is 0 Å².